The average Bonchev–Trinajstić information content (AvgIpc) is 2.85. The highest BCUT2D eigenvalue weighted by molar-refractivity contribution is 5.90. The van der Waals surface area contributed by atoms with E-state index in [1.807, 2.05) is 6.07 Å². The molecule has 13 heavy (non-hydrogen) atoms. The van der Waals surface area contributed by atoms with E-state index in [-0.39, 0.29) is 11.2 Å². The zero-order valence-corrected chi connectivity index (χ0v) is 7.16. The molecule has 0 atom stereocenters. The van der Waals surface area contributed by atoms with Crippen LogP contribution in [0.3, 0.4) is 0 Å². The Morgan fingerprint density at radius 1 is 1.46 bits per heavy atom. The summed E-state index contributed by atoms with van der Waals surface area (Å²) < 4.78 is 0. The predicted octanol–water partition coefficient (Wildman–Crippen LogP) is 0.128. The number of carbonyl (C=O) groups excluding carboxylic acids is 1. The van der Waals surface area contributed by atoms with Gasteiger partial charge >= 0.3 is 0 Å². The van der Waals surface area contributed by atoms with E-state index in [1.165, 1.54) is 0 Å². The number of nitrogens with zero attached hydrogens (tertiary/aromatic N) is 1. The summed E-state index contributed by atoms with van der Waals surface area (Å²) >= 11 is 0. The lowest BCUT2D eigenvalue weighted by atomic mass is 10.1. The molecule has 0 aliphatic heterocycles. The van der Waals surface area contributed by atoms with Crippen LogP contribution in [0, 0.1) is 0 Å². The van der Waals surface area contributed by atoms with E-state index in [2.05, 4.69) is 4.98 Å². The van der Waals surface area contributed by atoms with Crippen LogP contribution in [0.1, 0.15) is 28.9 Å². The molecule has 0 unspecified atom stereocenters. The van der Waals surface area contributed by atoms with Gasteiger partial charge in [-0.1, -0.05) is 6.07 Å². The van der Waals surface area contributed by atoms with E-state index >= 15 is 0 Å². The molecule has 1 heterocycles. The Labute approximate surface area is 75.9 Å². The molecular formula is C9H11N3O. The van der Waals surface area contributed by atoms with Crippen molar-refractivity contribution in [2.75, 3.05) is 0 Å². The minimum atomic E-state index is -0.506. The third-order valence-corrected chi connectivity index (χ3v) is 2.38. The van der Waals surface area contributed by atoms with Crippen molar-refractivity contribution in [3.05, 3.63) is 29.6 Å². The van der Waals surface area contributed by atoms with Crippen molar-refractivity contribution in [3.8, 4) is 0 Å². The standard InChI is InChI=1S/C9H11N3O/c10-8(13)7-2-1-6(5-12-7)9(11)3-4-9/h1-2,5H,3-4,11H2,(H2,10,13). The molecule has 1 saturated carbocycles. The monoisotopic (exact) mass is 177 g/mol. The molecule has 0 spiro atoms. The molecule has 0 saturated heterocycles. The van der Waals surface area contributed by atoms with Crippen LogP contribution >= 0.6 is 0 Å². The highest BCUT2D eigenvalue weighted by Crippen LogP contribution is 2.42. The minimum Gasteiger partial charge on any atom is -0.364 e. The largest absolute Gasteiger partial charge is 0.364 e. The van der Waals surface area contributed by atoms with Crippen LogP contribution in [0.4, 0.5) is 0 Å². The summed E-state index contributed by atoms with van der Waals surface area (Å²) in [6, 6.07) is 3.44. The van der Waals surface area contributed by atoms with Gasteiger partial charge in [0.1, 0.15) is 5.69 Å². The maximum atomic E-state index is 10.7. The van der Waals surface area contributed by atoms with E-state index in [0.717, 1.165) is 18.4 Å². The number of rotatable bonds is 2. The summed E-state index contributed by atoms with van der Waals surface area (Å²) in [5.74, 6) is -0.506. The smallest absolute Gasteiger partial charge is 0.267 e. The lowest BCUT2D eigenvalue weighted by molar-refractivity contribution is 0.0995. The Morgan fingerprint density at radius 2 is 2.15 bits per heavy atom. The van der Waals surface area contributed by atoms with E-state index in [1.54, 1.807) is 12.3 Å². The molecule has 1 aromatic rings. The summed E-state index contributed by atoms with van der Waals surface area (Å²) in [6.45, 7) is 0. The number of primary amides is 1. The highest BCUT2D eigenvalue weighted by Gasteiger charge is 2.40. The quantitative estimate of drug-likeness (QED) is 0.673. The van der Waals surface area contributed by atoms with Gasteiger partial charge in [0.05, 0.1) is 0 Å². The Morgan fingerprint density at radius 3 is 2.54 bits per heavy atom. The second-order valence-corrected chi connectivity index (χ2v) is 3.45. The van der Waals surface area contributed by atoms with E-state index in [4.69, 9.17) is 11.5 Å². The topological polar surface area (TPSA) is 82.0 Å². The molecule has 2 rings (SSSR count). The van der Waals surface area contributed by atoms with E-state index < -0.39 is 5.91 Å². The molecule has 1 aliphatic rings. The molecule has 4 N–H and O–H groups in total. The van der Waals surface area contributed by atoms with Gasteiger partial charge in [0.25, 0.3) is 5.91 Å². The summed E-state index contributed by atoms with van der Waals surface area (Å²) in [7, 11) is 0. The van der Waals surface area contributed by atoms with Crippen LogP contribution in [-0.4, -0.2) is 10.9 Å². The second-order valence-electron chi connectivity index (χ2n) is 3.45. The van der Waals surface area contributed by atoms with Crippen LogP contribution in [0.2, 0.25) is 0 Å². The van der Waals surface area contributed by atoms with Gasteiger partial charge in [-0.25, -0.2) is 0 Å². The third kappa shape index (κ3) is 1.40. The van der Waals surface area contributed by atoms with Crippen molar-refractivity contribution in [2.45, 2.75) is 18.4 Å². The number of carbonyl (C=O) groups is 1. The minimum absolute atomic E-state index is 0.191. The van der Waals surface area contributed by atoms with Gasteiger partial charge in [0, 0.05) is 11.7 Å². The lowest BCUT2D eigenvalue weighted by Gasteiger charge is -2.07. The van der Waals surface area contributed by atoms with Crippen molar-refractivity contribution < 1.29 is 4.79 Å². The summed E-state index contributed by atoms with van der Waals surface area (Å²) in [4.78, 5) is 14.6. The lowest BCUT2D eigenvalue weighted by Crippen LogP contribution is -2.20. The number of pyridine rings is 1. The zero-order chi connectivity index (χ0) is 9.47. The van der Waals surface area contributed by atoms with Crippen molar-refractivity contribution >= 4 is 5.91 Å². The molecule has 1 aliphatic carbocycles. The van der Waals surface area contributed by atoms with Gasteiger partial charge in [-0.3, -0.25) is 9.78 Å². The van der Waals surface area contributed by atoms with Gasteiger partial charge in [-0.15, -0.1) is 0 Å². The normalized spacial score (nSPS) is 18.2. The third-order valence-electron chi connectivity index (χ3n) is 2.38. The number of aromatic nitrogens is 1. The Hall–Kier alpha value is -1.42. The first-order valence-corrected chi connectivity index (χ1v) is 4.17. The molecule has 1 aromatic heterocycles. The fourth-order valence-electron chi connectivity index (χ4n) is 1.26. The average molecular weight is 177 g/mol. The van der Waals surface area contributed by atoms with Gasteiger partial charge in [-0.2, -0.15) is 0 Å². The molecule has 4 nitrogen and oxygen atoms in total. The molecule has 1 fully saturated rings. The summed E-state index contributed by atoms with van der Waals surface area (Å²) in [6.07, 6.45) is 3.61. The van der Waals surface area contributed by atoms with E-state index in [9.17, 15) is 4.79 Å². The highest BCUT2D eigenvalue weighted by atomic mass is 16.1. The van der Waals surface area contributed by atoms with Gasteiger partial charge in [-0.05, 0) is 24.5 Å². The SMILES string of the molecule is NC(=O)c1ccc(C2(N)CC2)cn1. The van der Waals surface area contributed by atoms with Gasteiger partial charge in [0.15, 0.2) is 0 Å². The van der Waals surface area contributed by atoms with E-state index in [0.29, 0.717) is 0 Å². The molecule has 0 bridgehead atoms. The van der Waals surface area contributed by atoms with Crippen LogP contribution in [0.5, 0.6) is 0 Å². The van der Waals surface area contributed by atoms with Crippen LogP contribution in [0.15, 0.2) is 18.3 Å². The molecule has 1 amide bonds. The predicted molar refractivity (Wildman–Crippen MR) is 47.9 cm³/mol. The number of hydrogen-bond donors (Lipinski definition) is 2. The fourth-order valence-corrected chi connectivity index (χ4v) is 1.26. The van der Waals surface area contributed by atoms with Crippen molar-refractivity contribution in [3.63, 3.8) is 0 Å². The van der Waals surface area contributed by atoms with Crippen LogP contribution < -0.4 is 11.5 Å². The Balaban J connectivity index is 2.28. The molecule has 4 heteroatoms. The Bertz CT molecular complexity index is 340. The van der Waals surface area contributed by atoms with Crippen LogP contribution in [-0.2, 0) is 5.54 Å². The van der Waals surface area contributed by atoms with Crippen LogP contribution in [0.25, 0.3) is 0 Å². The second kappa shape index (κ2) is 2.53. The van der Waals surface area contributed by atoms with Gasteiger partial charge < -0.3 is 11.5 Å². The maximum Gasteiger partial charge on any atom is 0.267 e. The van der Waals surface area contributed by atoms with Crippen molar-refractivity contribution in [1.29, 1.82) is 0 Å². The summed E-state index contributed by atoms with van der Waals surface area (Å²) in [5.41, 5.74) is 12.1. The fraction of sp³-hybridized carbons (Fsp3) is 0.333. The first-order valence-electron chi connectivity index (χ1n) is 4.17. The summed E-state index contributed by atoms with van der Waals surface area (Å²) in [5, 5.41) is 0. The van der Waals surface area contributed by atoms with Gasteiger partial charge in [0.2, 0.25) is 0 Å². The van der Waals surface area contributed by atoms with Crippen molar-refractivity contribution in [1.82, 2.24) is 4.98 Å². The maximum absolute atomic E-state index is 10.7. The first kappa shape index (κ1) is 8.19. The first-order chi connectivity index (χ1) is 6.12. The Kier molecular flexibility index (Phi) is 1.60. The molecule has 0 radical (unpaired) electrons. The molecular weight excluding hydrogens is 166 g/mol. The molecule has 0 aromatic carbocycles. The number of hydrogen-bond acceptors (Lipinski definition) is 3. The molecule has 68 valence electrons. The number of amides is 1. The van der Waals surface area contributed by atoms with Crippen molar-refractivity contribution in [2.24, 2.45) is 11.5 Å². The number of nitrogens with two attached hydrogens (primary N) is 2. The zero-order valence-electron chi connectivity index (χ0n) is 7.16.